The molecule has 1 amide bonds. The maximum atomic E-state index is 11.8. The van der Waals surface area contributed by atoms with Crippen LogP contribution in [0, 0.1) is 0 Å². The summed E-state index contributed by atoms with van der Waals surface area (Å²) >= 11 is 1.64. The summed E-state index contributed by atoms with van der Waals surface area (Å²) in [6, 6.07) is -0.735. The number of amides is 1. The highest BCUT2D eigenvalue weighted by molar-refractivity contribution is 8.00. The number of rotatable bonds is 8. The molecule has 1 saturated heterocycles. The summed E-state index contributed by atoms with van der Waals surface area (Å²) in [7, 11) is 0. The highest BCUT2D eigenvalue weighted by atomic mass is 32.2. The monoisotopic (exact) mass is 288 g/mol. The highest BCUT2D eigenvalue weighted by Gasteiger charge is 2.20. The highest BCUT2D eigenvalue weighted by Crippen LogP contribution is 2.19. The molecule has 19 heavy (non-hydrogen) atoms. The van der Waals surface area contributed by atoms with Crippen molar-refractivity contribution < 1.29 is 14.7 Å². The van der Waals surface area contributed by atoms with Gasteiger partial charge in [-0.15, -0.1) is 11.8 Å². The number of nitrogens with one attached hydrogen (secondary N) is 2. The van der Waals surface area contributed by atoms with Crippen LogP contribution in [0.3, 0.4) is 0 Å². The second-order valence-corrected chi connectivity index (χ2v) is 6.15. The summed E-state index contributed by atoms with van der Waals surface area (Å²) in [5, 5.41) is 15.5. The second kappa shape index (κ2) is 9.20. The molecule has 0 unspecified atom stereocenters. The Labute approximate surface area is 118 Å². The third-order valence-corrected chi connectivity index (χ3v) is 4.59. The van der Waals surface area contributed by atoms with E-state index < -0.39 is 12.0 Å². The smallest absolute Gasteiger partial charge is 0.326 e. The molecule has 0 saturated carbocycles. The van der Waals surface area contributed by atoms with Crippen molar-refractivity contribution in [3.8, 4) is 0 Å². The first-order valence-corrected chi connectivity index (χ1v) is 8.02. The van der Waals surface area contributed by atoms with Crippen molar-refractivity contribution in [3.05, 3.63) is 0 Å². The molecule has 1 heterocycles. The van der Waals surface area contributed by atoms with Gasteiger partial charge in [-0.2, -0.15) is 0 Å². The van der Waals surface area contributed by atoms with E-state index in [-0.39, 0.29) is 5.91 Å². The Morgan fingerprint density at radius 2 is 2.11 bits per heavy atom. The lowest BCUT2D eigenvalue weighted by atomic mass is 10.1. The minimum Gasteiger partial charge on any atom is -0.480 e. The van der Waals surface area contributed by atoms with Crippen LogP contribution in [0.15, 0.2) is 0 Å². The normalized spacial score (nSPS) is 17.9. The van der Waals surface area contributed by atoms with Crippen LogP contribution in [0.1, 0.15) is 39.0 Å². The molecule has 0 radical (unpaired) electrons. The van der Waals surface area contributed by atoms with Crippen LogP contribution in [0.4, 0.5) is 0 Å². The van der Waals surface area contributed by atoms with Crippen molar-refractivity contribution in [1.82, 2.24) is 10.6 Å². The van der Waals surface area contributed by atoms with Crippen molar-refractivity contribution in [3.63, 3.8) is 0 Å². The maximum Gasteiger partial charge on any atom is 0.326 e. The maximum absolute atomic E-state index is 11.8. The predicted octanol–water partition coefficient (Wildman–Crippen LogP) is 1.23. The topological polar surface area (TPSA) is 78.4 Å². The Bertz CT molecular complexity index is 294. The van der Waals surface area contributed by atoms with Crippen molar-refractivity contribution >= 4 is 23.6 Å². The number of unbranched alkanes of at least 4 members (excludes halogenated alkanes) is 1. The van der Waals surface area contributed by atoms with E-state index in [1.807, 2.05) is 6.92 Å². The van der Waals surface area contributed by atoms with Crippen molar-refractivity contribution in [2.45, 2.75) is 50.3 Å². The molecular formula is C13H24N2O3S. The van der Waals surface area contributed by atoms with Gasteiger partial charge in [-0.1, -0.05) is 19.8 Å². The Balaban J connectivity index is 2.25. The van der Waals surface area contributed by atoms with Crippen LogP contribution in [0.5, 0.6) is 0 Å². The molecule has 110 valence electrons. The first-order valence-electron chi connectivity index (χ1n) is 6.98. The van der Waals surface area contributed by atoms with Gasteiger partial charge in [0.05, 0.1) is 5.75 Å². The van der Waals surface area contributed by atoms with E-state index in [1.165, 1.54) is 0 Å². The lowest BCUT2D eigenvalue weighted by Crippen LogP contribution is -2.42. The molecule has 1 rings (SSSR count). The Kier molecular flexibility index (Phi) is 7.90. The molecule has 0 spiro atoms. The van der Waals surface area contributed by atoms with Gasteiger partial charge in [0.15, 0.2) is 0 Å². The third kappa shape index (κ3) is 6.82. The number of carboxylic acid groups (broad SMARTS) is 1. The first kappa shape index (κ1) is 16.3. The van der Waals surface area contributed by atoms with Crippen LogP contribution in [-0.4, -0.2) is 47.1 Å². The standard InChI is InChI=1S/C13H24N2O3S/c1-2-3-4-11(13(17)18)15-12(16)9-19-10-5-7-14-8-6-10/h10-11,14H,2-9H2,1H3,(H,15,16)(H,17,18)/t11-/m0/s1. The van der Waals surface area contributed by atoms with Crippen molar-refractivity contribution in [2.24, 2.45) is 0 Å². The lowest BCUT2D eigenvalue weighted by Gasteiger charge is -2.22. The minimum absolute atomic E-state index is 0.160. The van der Waals surface area contributed by atoms with Crippen LogP contribution in [-0.2, 0) is 9.59 Å². The van der Waals surface area contributed by atoms with E-state index in [1.54, 1.807) is 11.8 Å². The molecule has 1 fully saturated rings. The van der Waals surface area contributed by atoms with Crippen LogP contribution >= 0.6 is 11.8 Å². The molecule has 0 aromatic rings. The second-order valence-electron chi connectivity index (χ2n) is 4.86. The minimum atomic E-state index is -0.936. The summed E-state index contributed by atoms with van der Waals surface area (Å²) in [5.74, 6) is -0.735. The number of piperidine rings is 1. The Hall–Kier alpha value is -0.750. The predicted molar refractivity (Wildman–Crippen MR) is 77.4 cm³/mol. The molecule has 0 aliphatic carbocycles. The van der Waals surface area contributed by atoms with Gasteiger partial charge in [0.25, 0.3) is 0 Å². The van der Waals surface area contributed by atoms with Crippen molar-refractivity contribution in [1.29, 1.82) is 0 Å². The number of carbonyl (C=O) groups is 2. The third-order valence-electron chi connectivity index (χ3n) is 3.22. The average Bonchev–Trinajstić information content (AvgIpc) is 2.42. The lowest BCUT2D eigenvalue weighted by molar-refractivity contribution is -0.141. The fourth-order valence-electron chi connectivity index (χ4n) is 2.06. The molecular weight excluding hydrogens is 264 g/mol. The average molecular weight is 288 g/mol. The van der Waals surface area contributed by atoms with Gasteiger partial charge >= 0.3 is 5.97 Å². The van der Waals surface area contributed by atoms with E-state index >= 15 is 0 Å². The molecule has 1 atom stereocenters. The quantitative estimate of drug-likeness (QED) is 0.626. The fourth-order valence-corrected chi connectivity index (χ4v) is 3.10. The van der Waals surface area contributed by atoms with E-state index in [9.17, 15) is 9.59 Å². The van der Waals surface area contributed by atoms with Gasteiger partial charge in [0.1, 0.15) is 6.04 Å². The molecule has 1 aliphatic rings. The van der Waals surface area contributed by atoms with Gasteiger partial charge in [0.2, 0.25) is 5.91 Å². The molecule has 1 aliphatic heterocycles. The van der Waals surface area contributed by atoms with E-state index in [4.69, 9.17) is 5.11 Å². The fraction of sp³-hybridized carbons (Fsp3) is 0.846. The first-order chi connectivity index (χ1) is 9.13. The Morgan fingerprint density at radius 3 is 2.68 bits per heavy atom. The van der Waals surface area contributed by atoms with Crippen molar-refractivity contribution in [2.75, 3.05) is 18.8 Å². The summed E-state index contributed by atoms with van der Waals surface area (Å²) in [6.07, 6.45) is 4.42. The molecule has 0 bridgehead atoms. The number of hydrogen-bond acceptors (Lipinski definition) is 4. The van der Waals surface area contributed by atoms with E-state index in [2.05, 4.69) is 10.6 Å². The summed E-state index contributed by atoms with van der Waals surface area (Å²) in [4.78, 5) is 22.8. The summed E-state index contributed by atoms with van der Waals surface area (Å²) in [5.41, 5.74) is 0. The van der Waals surface area contributed by atoms with Crippen LogP contribution < -0.4 is 10.6 Å². The SMILES string of the molecule is CCCC[C@H](NC(=O)CSC1CCNCC1)C(=O)O. The largest absolute Gasteiger partial charge is 0.480 e. The summed E-state index contributed by atoms with van der Waals surface area (Å²) in [6.45, 7) is 4.02. The molecule has 3 N–H and O–H groups in total. The van der Waals surface area contributed by atoms with E-state index in [0.717, 1.165) is 38.8 Å². The van der Waals surface area contributed by atoms with Crippen LogP contribution in [0.2, 0.25) is 0 Å². The number of hydrogen-bond donors (Lipinski definition) is 3. The number of carboxylic acids is 1. The van der Waals surface area contributed by atoms with Gasteiger partial charge < -0.3 is 15.7 Å². The molecule has 5 nitrogen and oxygen atoms in total. The molecule has 0 aromatic carbocycles. The van der Waals surface area contributed by atoms with Gasteiger partial charge in [-0.3, -0.25) is 4.79 Å². The molecule has 6 heteroatoms. The zero-order chi connectivity index (χ0) is 14.1. The van der Waals surface area contributed by atoms with E-state index in [0.29, 0.717) is 17.4 Å². The number of aliphatic carboxylic acids is 1. The van der Waals surface area contributed by atoms with Crippen LogP contribution in [0.25, 0.3) is 0 Å². The zero-order valence-electron chi connectivity index (χ0n) is 11.5. The number of carbonyl (C=O) groups excluding carboxylic acids is 1. The van der Waals surface area contributed by atoms with Gasteiger partial charge in [-0.05, 0) is 32.4 Å². The zero-order valence-corrected chi connectivity index (χ0v) is 12.3. The Morgan fingerprint density at radius 1 is 1.42 bits per heavy atom. The molecule has 0 aromatic heterocycles. The van der Waals surface area contributed by atoms with Gasteiger partial charge in [-0.25, -0.2) is 4.79 Å². The summed E-state index contributed by atoms with van der Waals surface area (Å²) < 4.78 is 0. The van der Waals surface area contributed by atoms with Gasteiger partial charge in [0, 0.05) is 5.25 Å². The number of thioether (sulfide) groups is 1.